The first-order valence-corrected chi connectivity index (χ1v) is 13.7. The number of ketones is 1. The Kier molecular flexibility index (Phi) is 6.33. The number of esters is 1. The number of Topliss-reactive ketones (excluding diaryl/α,β-unsaturated/α-hetero) is 1. The highest BCUT2D eigenvalue weighted by Gasteiger charge is 2.37. The number of ether oxygens (including phenoxy) is 1. The maximum atomic E-state index is 13.2. The molecule has 1 atom stereocenters. The summed E-state index contributed by atoms with van der Waals surface area (Å²) in [6.45, 7) is 8.81. The molecule has 1 unspecified atom stereocenters. The lowest BCUT2D eigenvalue weighted by Crippen LogP contribution is -2.28. The topological polar surface area (TPSA) is 43.4 Å². The van der Waals surface area contributed by atoms with Gasteiger partial charge in [0.25, 0.3) is 0 Å². The molecular formula is C25H28O3Si. The molecule has 0 aliphatic heterocycles. The Labute approximate surface area is 174 Å². The van der Waals surface area contributed by atoms with E-state index in [1.807, 2.05) is 48.5 Å². The Balaban J connectivity index is 2.32. The third kappa shape index (κ3) is 4.82. The van der Waals surface area contributed by atoms with Gasteiger partial charge in [-0.3, -0.25) is 4.79 Å². The standard InChI is InChI=1S/C25H28O3Si/c1-5-28-25(27)24-22(26)16-20(18-12-8-6-9-13-18)21(17-29(2,3)4)23(24)19-14-10-7-11-15-19/h6-15,17,20H,5,16H2,1-4H3/b21-17+. The molecule has 3 rings (SSSR count). The van der Waals surface area contributed by atoms with Crippen molar-refractivity contribution in [2.75, 3.05) is 6.61 Å². The molecule has 0 aromatic heterocycles. The van der Waals surface area contributed by atoms with Gasteiger partial charge in [0.2, 0.25) is 0 Å². The van der Waals surface area contributed by atoms with Gasteiger partial charge in [-0.05, 0) is 23.6 Å². The average Bonchev–Trinajstić information content (AvgIpc) is 2.69. The fraction of sp³-hybridized carbons (Fsp3) is 0.280. The van der Waals surface area contributed by atoms with Gasteiger partial charge in [-0.25, -0.2) is 4.79 Å². The van der Waals surface area contributed by atoms with Crippen LogP contribution < -0.4 is 0 Å². The van der Waals surface area contributed by atoms with Gasteiger partial charge in [-0.1, -0.05) is 86.0 Å². The highest BCUT2D eigenvalue weighted by atomic mass is 28.3. The summed E-state index contributed by atoms with van der Waals surface area (Å²) in [6.07, 6.45) is 0.283. The van der Waals surface area contributed by atoms with Crippen molar-refractivity contribution in [3.8, 4) is 0 Å². The van der Waals surface area contributed by atoms with Crippen molar-refractivity contribution in [2.45, 2.75) is 38.9 Å². The van der Waals surface area contributed by atoms with E-state index in [1.165, 1.54) is 0 Å². The molecule has 2 aromatic rings. The first kappa shape index (κ1) is 21.0. The van der Waals surface area contributed by atoms with E-state index in [9.17, 15) is 9.59 Å². The molecule has 0 saturated carbocycles. The molecular weight excluding hydrogens is 376 g/mol. The zero-order chi connectivity index (χ0) is 21.0. The molecule has 3 nitrogen and oxygen atoms in total. The molecule has 0 heterocycles. The van der Waals surface area contributed by atoms with Crippen LogP contribution in [0.5, 0.6) is 0 Å². The highest BCUT2D eigenvalue weighted by molar-refractivity contribution is 6.81. The maximum Gasteiger partial charge on any atom is 0.342 e. The first-order chi connectivity index (χ1) is 13.8. The van der Waals surface area contributed by atoms with Gasteiger partial charge < -0.3 is 4.74 Å². The lowest BCUT2D eigenvalue weighted by Gasteiger charge is -2.31. The predicted octanol–water partition coefficient (Wildman–Crippen LogP) is 5.56. The Bertz CT molecular complexity index is 951. The second-order valence-corrected chi connectivity index (χ2v) is 13.4. The van der Waals surface area contributed by atoms with E-state index in [-0.39, 0.29) is 30.3 Å². The van der Waals surface area contributed by atoms with Gasteiger partial charge in [0.1, 0.15) is 5.57 Å². The number of benzene rings is 2. The summed E-state index contributed by atoms with van der Waals surface area (Å²) < 4.78 is 5.29. The Hall–Kier alpha value is -2.72. The molecule has 1 aliphatic rings. The van der Waals surface area contributed by atoms with Gasteiger partial charge in [0.05, 0.1) is 14.7 Å². The molecule has 0 radical (unpaired) electrons. The van der Waals surface area contributed by atoms with Gasteiger partial charge in [-0.15, -0.1) is 0 Å². The lowest BCUT2D eigenvalue weighted by molar-refractivity contribution is -0.140. The fourth-order valence-electron chi connectivity index (χ4n) is 3.81. The van der Waals surface area contributed by atoms with Crippen LogP contribution in [-0.2, 0) is 14.3 Å². The van der Waals surface area contributed by atoms with Crippen molar-refractivity contribution in [2.24, 2.45) is 0 Å². The van der Waals surface area contributed by atoms with E-state index in [0.29, 0.717) is 0 Å². The molecule has 0 N–H and O–H groups in total. The lowest BCUT2D eigenvalue weighted by atomic mass is 9.74. The van der Waals surface area contributed by atoms with E-state index < -0.39 is 14.0 Å². The van der Waals surface area contributed by atoms with E-state index in [0.717, 1.165) is 22.3 Å². The quantitative estimate of drug-likeness (QED) is 0.372. The molecule has 0 amide bonds. The Morgan fingerprint density at radius 1 is 1.03 bits per heavy atom. The Morgan fingerprint density at radius 3 is 2.17 bits per heavy atom. The normalized spacial score (nSPS) is 18.8. The first-order valence-electron chi connectivity index (χ1n) is 10.1. The summed E-state index contributed by atoms with van der Waals surface area (Å²) in [7, 11) is -1.66. The van der Waals surface area contributed by atoms with E-state index in [2.05, 4.69) is 37.5 Å². The van der Waals surface area contributed by atoms with Crippen molar-refractivity contribution < 1.29 is 14.3 Å². The van der Waals surface area contributed by atoms with Crippen LogP contribution in [0.4, 0.5) is 0 Å². The molecule has 1 aliphatic carbocycles. The molecule has 0 saturated heterocycles. The van der Waals surface area contributed by atoms with Crippen LogP contribution in [0.25, 0.3) is 5.57 Å². The molecule has 0 spiro atoms. The van der Waals surface area contributed by atoms with Crippen LogP contribution in [0.3, 0.4) is 0 Å². The summed E-state index contributed by atoms with van der Waals surface area (Å²) >= 11 is 0. The third-order valence-corrected chi connectivity index (χ3v) is 6.09. The number of hydrogen-bond acceptors (Lipinski definition) is 3. The van der Waals surface area contributed by atoms with Crippen LogP contribution in [-0.4, -0.2) is 26.4 Å². The molecule has 0 bridgehead atoms. The van der Waals surface area contributed by atoms with E-state index in [1.54, 1.807) is 6.92 Å². The highest BCUT2D eigenvalue weighted by Crippen LogP contribution is 2.44. The predicted molar refractivity (Wildman–Crippen MR) is 120 cm³/mol. The third-order valence-electron chi connectivity index (χ3n) is 4.91. The van der Waals surface area contributed by atoms with Crippen LogP contribution in [0, 0.1) is 0 Å². The van der Waals surface area contributed by atoms with Gasteiger partial charge >= 0.3 is 5.97 Å². The number of allylic oxidation sites excluding steroid dienone is 2. The monoisotopic (exact) mass is 404 g/mol. The maximum absolute atomic E-state index is 13.2. The van der Waals surface area contributed by atoms with Crippen LogP contribution in [0.2, 0.25) is 19.6 Å². The van der Waals surface area contributed by atoms with Crippen LogP contribution >= 0.6 is 0 Å². The summed E-state index contributed by atoms with van der Waals surface area (Å²) in [5.41, 5.74) is 6.31. The number of carbonyl (C=O) groups excluding carboxylic acids is 2. The minimum Gasteiger partial charge on any atom is -0.462 e. The van der Waals surface area contributed by atoms with E-state index >= 15 is 0 Å². The molecule has 29 heavy (non-hydrogen) atoms. The van der Waals surface area contributed by atoms with Crippen molar-refractivity contribution in [3.05, 3.63) is 88.6 Å². The van der Waals surface area contributed by atoms with E-state index in [4.69, 9.17) is 4.74 Å². The average molecular weight is 405 g/mol. The van der Waals surface area contributed by atoms with Crippen molar-refractivity contribution >= 4 is 25.4 Å². The van der Waals surface area contributed by atoms with Gasteiger partial charge in [0.15, 0.2) is 5.78 Å². The van der Waals surface area contributed by atoms with Crippen molar-refractivity contribution in [3.63, 3.8) is 0 Å². The van der Waals surface area contributed by atoms with Crippen molar-refractivity contribution in [1.82, 2.24) is 0 Å². The fourth-order valence-corrected chi connectivity index (χ4v) is 5.09. The van der Waals surface area contributed by atoms with Gasteiger partial charge in [0, 0.05) is 17.9 Å². The summed E-state index contributed by atoms with van der Waals surface area (Å²) in [4.78, 5) is 26.0. The number of hydrogen-bond donors (Lipinski definition) is 0. The molecule has 150 valence electrons. The van der Waals surface area contributed by atoms with Crippen LogP contribution in [0.15, 0.2) is 77.5 Å². The minimum atomic E-state index is -1.66. The number of carbonyl (C=O) groups is 2. The second kappa shape index (κ2) is 8.74. The molecule has 0 fully saturated rings. The smallest absolute Gasteiger partial charge is 0.342 e. The summed E-state index contributed by atoms with van der Waals surface area (Å²) in [5, 5.41) is 0. The van der Waals surface area contributed by atoms with Gasteiger partial charge in [-0.2, -0.15) is 0 Å². The molecule has 2 aromatic carbocycles. The zero-order valence-corrected chi connectivity index (χ0v) is 18.6. The summed E-state index contributed by atoms with van der Waals surface area (Å²) in [6, 6.07) is 19.9. The zero-order valence-electron chi connectivity index (χ0n) is 17.6. The van der Waals surface area contributed by atoms with Crippen molar-refractivity contribution in [1.29, 1.82) is 0 Å². The summed E-state index contributed by atoms with van der Waals surface area (Å²) in [5.74, 6) is -0.739. The SMILES string of the molecule is CCOC(=O)C1=C(c2ccccc2)/C(=C/[Si](C)(C)C)C(c2ccccc2)CC1=O. The molecule has 4 heteroatoms. The minimum absolute atomic E-state index is 0.0659. The largest absolute Gasteiger partial charge is 0.462 e. The second-order valence-electron chi connectivity index (χ2n) is 8.39. The Morgan fingerprint density at radius 2 is 1.62 bits per heavy atom. The van der Waals surface area contributed by atoms with Crippen LogP contribution in [0.1, 0.15) is 30.4 Å². The number of rotatable bonds is 5.